The van der Waals surface area contributed by atoms with E-state index in [0.717, 1.165) is 6.54 Å². The third-order valence-electron chi connectivity index (χ3n) is 1.35. The Hall–Kier alpha value is -1.19. The summed E-state index contributed by atoms with van der Waals surface area (Å²) in [5.41, 5.74) is 0. The Kier molecular flexibility index (Phi) is 1.23. The Morgan fingerprint density at radius 1 is 1.40 bits per heavy atom. The zero-order chi connectivity index (χ0) is 6.81. The molecule has 0 aromatic rings. The van der Waals surface area contributed by atoms with Crippen LogP contribution in [0.15, 0.2) is 15.0 Å². The lowest BCUT2D eigenvalue weighted by atomic mass is 10.5. The zero-order valence-corrected chi connectivity index (χ0v) is 5.40. The summed E-state index contributed by atoms with van der Waals surface area (Å²) in [6, 6.07) is 0. The molecule has 0 atom stereocenters. The normalized spacial score (nSPS) is 23.4. The number of rotatable bonds is 1. The maximum atomic E-state index is 5.16. The number of aliphatic imine (C=N–C) groups is 3. The van der Waals surface area contributed by atoms with Crippen LogP contribution in [0.5, 0.6) is 0 Å². The molecule has 0 amide bonds. The monoisotopic (exact) mass is 137 g/mol. The van der Waals surface area contributed by atoms with Crippen LogP contribution in [0.25, 0.3) is 0 Å². The van der Waals surface area contributed by atoms with Crippen molar-refractivity contribution >= 4 is 18.3 Å². The number of nitrogens with zero attached hydrogens (tertiary/aromatic N) is 3. The van der Waals surface area contributed by atoms with Crippen molar-refractivity contribution in [3.63, 3.8) is 0 Å². The topological polar surface area (TPSA) is 46.3 Å². The molecule has 0 unspecified atom stereocenters. The molecule has 0 saturated carbocycles. The molecule has 0 N–H and O–H groups in total. The van der Waals surface area contributed by atoms with Crippen LogP contribution in [0.2, 0.25) is 0 Å². The molecule has 0 saturated heterocycles. The first-order valence-corrected chi connectivity index (χ1v) is 3.19. The summed E-state index contributed by atoms with van der Waals surface area (Å²) in [7, 11) is 0. The molecule has 0 fully saturated rings. The highest BCUT2D eigenvalue weighted by atomic mass is 16.5. The second-order valence-corrected chi connectivity index (χ2v) is 2.04. The first-order chi connectivity index (χ1) is 4.97. The van der Waals surface area contributed by atoms with E-state index < -0.39 is 0 Å². The fraction of sp³-hybridized carbons (Fsp3) is 0.500. The molecule has 0 aromatic carbocycles. The van der Waals surface area contributed by atoms with E-state index in [9.17, 15) is 0 Å². The van der Waals surface area contributed by atoms with E-state index in [-0.39, 0.29) is 6.17 Å². The van der Waals surface area contributed by atoms with Gasteiger partial charge in [-0.05, 0) is 0 Å². The quantitative estimate of drug-likeness (QED) is 0.497. The molecule has 4 heteroatoms. The smallest absolute Gasteiger partial charge is 0.232 e. The van der Waals surface area contributed by atoms with Crippen LogP contribution in [0, 0.1) is 0 Å². The predicted octanol–water partition coefficient (Wildman–Crippen LogP) is -0.104. The van der Waals surface area contributed by atoms with Crippen LogP contribution in [-0.2, 0) is 4.74 Å². The maximum absolute atomic E-state index is 5.16. The Balaban J connectivity index is 2.11. The van der Waals surface area contributed by atoms with Gasteiger partial charge in [0.25, 0.3) is 0 Å². The Morgan fingerprint density at radius 2 is 2.20 bits per heavy atom. The molecule has 0 bridgehead atoms. The van der Waals surface area contributed by atoms with Gasteiger partial charge >= 0.3 is 0 Å². The first-order valence-electron chi connectivity index (χ1n) is 3.19. The Labute approximate surface area is 58.4 Å². The highest BCUT2D eigenvalue weighted by Gasteiger charge is 2.18. The van der Waals surface area contributed by atoms with Crippen molar-refractivity contribution < 1.29 is 4.74 Å². The van der Waals surface area contributed by atoms with Gasteiger partial charge in [-0.2, -0.15) is 0 Å². The van der Waals surface area contributed by atoms with Gasteiger partial charge in [-0.3, -0.25) is 9.98 Å². The van der Waals surface area contributed by atoms with Gasteiger partial charge in [0.05, 0.1) is 6.54 Å². The van der Waals surface area contributed by atoms with Crippen LogP contribution >= 0.6 is 0 Å². The fourth-order valence-electron chi connectivity index (χ4n) is 0.914. The van der Waals surface area contributed by atoms with E-state index in [0.29, 0.717) is 12.5 Å². The highest BCUT2D eigenvalue weighted by Crippen LogP contribution is 2.05. The number of ether oxygens (including phenoxy) is 1. The molecule has 2 aliphatic rings. The molecule has 0 aliphatic carbocycles. The van der Waals surface area contributed by atoms with Crippen LogP contribution < -0.4 is 0 Å². The highest BCUT2D eigenvalue weighted by molar-refractivity contribution is 6.18. The minimum atomic E-state index is -0.178. The molecule has 0 spiro atoms. The van der Waals surface area contributed by atoms with Crippen molar-refractivity contribution in [1.29, 1.82) is 0 Å². The van der Waals surface area contributed by atoms with Gasteiger partial charge in [0.1, 0.15) is 6.61 Å². The Morgan fingerprint density at radius 3 is 2.80 bits per heavy atom. The standard InChI is InChI=1S/C6H7N3O/c1-2-8-5(7-1)6-9-3-4-10-6/h1-2,5H,3-4H2. The summed E-state index contributed by atoms with van der Waals surface area (Å²) in [5.74, 6) is 0.657. The van der Waals surface area contributed by atoms with Crippen molar-refractivity contribution in [1.82, 2.24) is 0 Å². The minimum Gasteiger partial charge on any atom is -0.476 e. The van der Waals surface area contributed by atoms with E-state index >= 15 is 0 Å². The van der Waals surface area contributed by atoms with Crippen LogP contribution in [0.3, 0.4) is 0 Å². The molecule has 10 heavy (non-hydrogen) atoms. The van der Waals surface area contributed by atoms with Crippen LogP contribution in [0.4, 0.5) is 0 Å². The summed E-state index contributed by atoms with van der Waals surface area (Å²) in [4.78, 5) is 12.1. The predicted molar refractivity (Wildman–Crippen MR) is 39.0 cm³/mol. The summed E-state index contributed by atoms with van der Waals surface area (Å²) in [5, 5.41) is 0. The van der Waals surface area contributed by atoms with Crippen molar-refractivity contribution in [3.05, 3.63) is 0 Å². The molecule has 0 radical (unpaired) electrons. The van der Waals surface area contributed by atoms with Crippen LogP contribution in [-0.4, -0.2) is 37.6 Å². The maximum Gasteiger partial charge on any atom is 0.232 e. The lowest BCUT2D eigenvalue weighted by Gasteiger charge is -2.01. The van der Waals surface area contributed by atoms with E-state index in [2.05, 4.69) is 15.0 Å². The van der Waals surface area contributed by atoms with Crippen LogP contribution in [0.1, 0.15) is 0 Å². The minimum absolute atomic E-state index is 0.178. The molecular formula is C6H7N3O. The summed E-state index contributed by atoms with van der Waals surface area (Å²) in [6.07, 6.45) is 3.14. The molecule has 4 nitrogen and oxygen atoms in total. The molecule has 52 valence electrons. The SMILES string of the molecule is C1=NC(C2=NCCO2)N=C1. The zero-order valence-electron chi connectivity index (χ0n) is 5.40. The van der Waals surface area contributed by atoms with E-state index in [1.54, 1.807) is 12.4 Å². The van der Waals surface area contributed by atoms with E-state index in [1.807, 2.05) is 0 Å². The molecule has 0 aromatic heterocycles. The van der Waals surface area contributed by atoms with E-state index in [1.165, 1.54) is 0 Å². The average Bonchev–Trinajstić information content (AvgIpc) is 2.59. The van der Waals surface area contributed by atoms with Crippen molar-refractivity contribution in [3.8, 4) is 0 Å². The average molecular weight is 137 g/mol. The van der Waals surface area contributed by atoms with Crippen molar-refractivity contribution in [2.45, 2.75) is 6.17 Å². The molecule has 2 heterocycles. The van der Waals surface area contributed by atoms with Gasteiger partial charge in [-0.15, -0.1) is 0 Å². The lowest BCUT2D eigenvalue weighted by molar-refractivity contribution is 0.334. The summed E-state index contributed by atoms with van der Waals surface area (Å²) < 4.78 is 5.16. The van der Waals surface area contributed by atoms with Gasteiger partial charge in [0.2, 0.25) is 12.1 Å². The fourth-order valence-corrected chi connectivity index (χ4v) is 0.914. The largest absolute Gasteiger partial charge is 0.476 e. The van der Waals surface area contributed by atoms with Crippen molar-refractivity contribution in [2.75, 3.05) is 13.2 Å². The molecule has 2 aliphatic heterocycles. The molecular weight excluding hydrogens is 130 g/mol. The lowest BCUT2D eigenvalue weighted by Crippen LogP contribution is -2.14. The number of hydrogen-bond donors (Lipinski definition) is 0. The van der Waals surface area contributed by atoms with Gasteiger partial charge in [-0.25, -0.2) is 4.99 Å². The molecule has 2 rings (SSSR count). The third-order valence-corrected chi connectivity index (χ3v) is 1.35. The van der Waals surface area contributed by atoms with Gasteiger partial charge in [0, 0.05) is 12.4 Å². The summed E-state index contributed by atoms with van der Waals surface area (Å²) in [6.45, 7) is 1.42. The van der Waals surface area contributed by atoms with Gasteiger partial charge in [0.15, 0.2) is 0 Å². The number of hydrogen-bond acceptors (Lipinski definition) is 4. The second kappa shape index (κ2) is 2.21. The van der Waals surface area contributed by atoms with Crippen molar-refractivity contribution in [2.24, 2.45) is 15.0 Å². The van der Waals surface area contributed by atoms with Gasteiger partial charge < -0.3 is 4.74 Å². The van der Waals surface area contributed by atoms with E-state index in [4.69, 9.17) is 4.74 Å². The van der Waals surface area contributed by atoms with Gasteiger partial charge in [-0.1, -0.05) is 0 Å². The Bertz CT molecular complexity index is 207. The second-order valence-electron chi connectivity index (χ2n) is 2.04. The summed E-state index contributed by atoms with van der Waals surface area (Å²) >= 11 is 0. The first kappa shape index (κ1) is 5.58. The third kappa shape index (κ3) is 0.814.